The largest absolute Gasteiger partial charge is 0.306 e. The molecule has 72 valence electrons. The minimum absolute atomic E-state index is 0.481. The molecule has 1 aromatic heterocycles. The van der Waals surface area contributed by atoms with Crippen LogP contribution in [0.15, 0.2) is 11.7 Å². The van der Waals surface area contributed by atoms with Gasteiger partial charge in [-0.05, 0) is 19.3 Å². The van der Waals surface area contributed by atoms with Crippen LogP contribution < -0.4 is 5.32 Å². The van der Waals surface area contributed by atoms with Gasteiger partial charge < -0.3 is 5.32 Å². The van der Waals surface area contributed by atoms with Gasteiger partial charge in [0.15, 0.2) is 0 Å². The molecule has 1 heterocycles. The third-order valence-corrected chi connectivity index (χ3v) is 3.75. The van der Waals surface area contributed by atoms with E-state index in [1.54, 1.807) is 11.3 Å². The van der Waals surface area contributed by atoms with E-state index in [1.807, 2.05) is 11.7 Å². The molecule has 2 rings (SSSR count). The van der Waals surface area contributed by atoms with Crippen LogP contribution in [0.5, 0.6) is 0 Å². The first kappa shape index (κ1) is 9.16. The fourth-order valence-electron chi connectivity index (χ4n) is 1.75. The summed E-state index contributed by atoms with van der Waals surface area (Å²) in [5.41, 5.74) is 1.90. The molecule has 0 saturated heterocycles. The zero-order valence-corrected chi connectivity index (χ0v) is 8.97. The van der Waals surface area contributed by atoms with Crippen LogP contribution in [0.1, 0.15) is 37.6 Å². The summed E-state index contributed by atoms with van der Waals surface area (Å²) in [6.45, 7) is 4.49. The highest BCUT2D eigenvalue weighted by Crippen LogP contribution is 2.35. The first-order valence-electron chi connectivity index (χ1n) is 4.95. The minimum atomic E-state index is 0.481. The molecular weight excluding hydrogens is 180 g/mol. The van der Waals surface area contributed by atoms with Crippen LogP contribution >= 0.6 is 11.3 Å². The van der Waals surface area contributed by atoms with Gasteiger partial charge in [-0.3, -0.25) is 4.98 Å². The Bertz CT molecular complexity index is 258. The number of hydrogen-bond donors (Lipinski definition) is 1. The summed E-state index contributed by atoms with van der Waals surface area (Å²) in [4.78, 5) is 5.44. The van der Waals surface area contributed by atoms with E-state index >= 15 is 0 Å². The summed E-state index contributed by atoms with van der Waals surface area (Å²) in [5.74, 6) is 0.926. The highest BCUT2D eigenvalue weighted by molar-refractivity contribution is 7.09. The fourth-order valence-corrected chi connectivity index (χ4v) is 2.38. The van der Waals surface area contributed by atoms with E-state index in [0.29, 0.717) is 6.04 Å². The summed E-state index contributed by atoms with van der Waals surface area (Å²) in [6.07, 6.45) is 4.64. The van der Waals surface area contributed by atoms with Crippen molar-refractivity contribution in [3.05, 3.63) is 16.6 Å². The standard InChI is InChI=1S/C10H16N2S/c1-3-8-4-9(8)12-7(2)10-5-11-6-13-10/h5-9,12H,3-4H2,1-2H3. The Morgan fingerprint density at radius 2 is 2.62 bits per heavy atom. The first-order chi connectivity index (χ1) is 6.31. The molecule has 1 saturated carbocycles. The first-order valence-corrected chi connectivity index (χ1v) is 5.83. The van der Waals surface area contributed by atoms with Gasteiger partial charge in [-0.1, -0.05) is 13.3 Å². The highest BCUT2D eigenvalue weighted by Gasteiger charge is 2.35. The normalized spacial score (nSPS) is 28.8. The lowest BCUT2D eigenvalue weighted by Gasteiger charge is -2.10. The number of thiazole rings is 1. The zero-order chi connectivity index (χ0) is 9.26. The topological polar surface area (TPSA) is 24.9 Å². The summed E-state index contributed by atoms with van der Waals surface area (Å²) < 4.78 is 0. The molecule has 0 aliphatic heterocycles. The van der Waals surface area contributed by atoms with Gasteiger partial charge >= 0.3 is 0 Å². The summed E-state index contributed by atoms with van der Waals surface area (Å²) >= 11 is 1.74. The van der Waals surface area contributed by atoms with Gasteiger partial charge in [-0.2, -0.15) is 0 Å². The molecule has 13 heavy (non-hydrogen) atoms. The van der Waals surface area contributed by atoms with E-state index in [9.17, 15) is 0 Å². The van der Waals surface area contributed by atoms with Gasteiger partial charge in [-0.25, -0.2) is 0 Å². The molecule has 0 radical (unpaired) electrons. The van der Waals surface area contributed by atoms with Crippen LogP contribution in [0.2, 0.25) is 0 Å². The Balaban J connectivity index is 1.83. The third-order valence-electron chi connectivity index (χ3n) is 2.79. The van der Waals surface area contributed by atoms with Crippen molar-refractivity contribution >= 4 is 11.3 Å². The van der Waals surface area contributed by atoms with Crippen LogP contribution in [-0.4, -0.2) is 11.0 Å². The lowest BCUT2D eigenvalue weighted by Crippen LogP contribution is -2.21. The van der Waals surface area contributed by atoms with E-state index in [1.165, 1.54) is 17.7 Å². The van der Waals surface area contributed by atoms with Crippen molar-refractivity contribution in [2.45, 2.75) is 38.8 Å². The number of nitrogens with zero attached hydrogens (tertiary/aromatic N) is 1. The predicted molar refractivity (Wildman–Crippen MR) is 55.9 cm³/mol. The van der Waals surface area contributed by atoms with Crippen LogP contribution in [0.25, 0.3) is 0 Å². The molecule has 0 bridgehead atoms. The molecule has 3 heteroatoms. The quantitative estimate of drug-likeness (QED) is 0.800. The second kappa shape index (κ2) is 3.76. The van der Waals surface area contributed by atoms with Crippen molar-refractivity contribution in [2.75, 3.05) is 0 Å². The van der Waals surface area contributed by atoms with E-state index in [-0.39, 0.29) is 0 Å². The Hall–Kier alpha value is -0.410. The van der Waals surface area contributed by atoms with Gasteiger partial charge in [0, 0.05) is 23.2 Å². The van der Waals surface area contributed by atoms with E-state index in [4.69, 9.17) is 0 Å². The lowest BCUT2D eigenvalue weighted by molar-refractivity contribution is 0.545. The van der Waals surface area contributed by atoms with Crippen molar-refractivity contribution < 1.29 is 0 Å². The molecule has 1 aromatic rings. The number of aromatic nitrogens is 1. The second-order valence-corrected chi connectivity index (χ2v) is 4.72. The maximum Gasteiger partial charge on any atom is 0.0794 e. The number of hydrogen-bond acceptors (Lipinski definition) is 3. The van der Waals surface area contributed by atoms with Gasteiger partial charge in [-0.15, -0.1) is 11.3 Å². The molecule has 1 aliphatic rings. The summed E-state index contributed by atoms with van der Waals surface area (Å²) in [7, 11) is 0. The molecule has 3 atom stereocenters. The molecule has 1 aliphatic carbocycles. The molecule has 0 spiro atoms. The molecule has 0 aromatic carbocycles. The van der Waals surface area contributed by atoms with E-state index in [0.717, 1.165) is 12.0 Å². The Morgan fingerprint density at radius 3 is 3.15 bits per heavy atom. The maximum absolute atomic E-state index is 4.09. The van der Waals surface area contributed by atoms with E-state index in [2.05, 4.69) is 24.1 Å². The zero-order valence-electron chi connectivity index (χ0n) is 8.16. The molecule has 1 N–H and O–H groups in total. The maximum atomic E-state index is 4.09. The molecule has 3 unspecified atom stereocenters. The van der Waals surface area contributed by atoms with Crippen LogP contribution in [0.3, 0.4) is 0 Å². The summed E-state index contributed by atoms with van der Waals surface area (Å²) in [5, 5.41) is 3.63. The predicted octanol–water partition coefficient (Wildman–Crippen LogP) is 2.59. The Morgan fingerprint density at radius 1 is 1.77 bits per heavy atom. The van der Waals surface area contributed by atoms with Crippen LogP contribution in [0, 0.1) is 5.92 Å². The molecular formula is C10H16N2S. The van der Waals surface area contributed by atoms with Crippen molar-refractivity contribution in [3.63, 3.8) is 0 Å². The lowest BCUT2D eigenvalue weighted by atomic mass is 10.2. The average Bonchev–Trinajstić information content (AvgIpc) is 2.68. The Kier molecular flexibility index (Phi) is 2.65. The highest BCUT2D eigenvalue weighted by atomic mass is 32.1. The average molecular weight is 196 g/mol. The Labute approximate surface area is 83.4 Å². The third kappa shape index (κ3) is 2.09. The van der Waals surface area contributed by atoms with Crippen LogP contribution in [0.4, 0.5) is 0 Å². The number of nitrogens with one attached hydrogen (secondary N) is 1. The van der Waals surface area contributed by atoms with Crippen molar-refractivity contribution in [1.82, 2.24) is 10.3 Å². The van der Waals surface area contributed by atoms with E-state index < -0.39 is 0 Å². The van der Waals surface area contributed by atoms with Crippen molar-refractivity contribution in [1.29, 1.82) is 0 Å². The van der Waals surface area contributed by atoms with Crippen LogP contribution in [-0.2, 0) is 0 Å². The monoisotopic (exact) mass is 196 g/mol. The smallest absolute Gasteiger partial charge is 0.0794 e. The molecule has 1 fully saturated rings. The van der Waals surface area contributed by atoms with Gasteiger partial charge in [0.1, 0.15) is 0 Å². The second-order valence-electron chi connectivity index (χ2n) is 3.80. The van der Waals surface area contributed by atoms with Crippen molar-refractivity contribution in [2.24, 2.45) is 5.92 Å². The van der Waals surface area contributed by atoms with Gasteiger partial charge in [0.2, 0.25) is 0 Å². The van der Waals surface area contributed by atoms with Gasteiger partial charge in [0.25, 0.3) is 0 Å². The molecule has 0 amide bonds. The fraction of sp³-hybridized carbons (Fsp3) is 0.700. The number of rotatable bonds is 4. The molecule has 2 nitrogen and oxygen atoms in total. The van der Waals surface area contributed by atoms with Crippen molar-refractivity contribution in [3.8, 4) is 0 Å². The minimum Gasteiger partial charge on any atom is -0.306 e. The SMILES string of the molecule is CCC1CC1NC(C)c1cncs1. The summed E-state index contributed by atoms with van der Waals surface area (Å²) in [6, 6.07) is 1.25. The van der Waals surface area contributed by atoms with Gasteiger partial charge in [0.05, 0.1) is 5.51 Å².